The van der Waals surface area contributed by atoms with E-state index in [2.05, 4.69) is 9.84 Å². The van der Waals surface area contributed by atoms with Crippen molar-refractivity contribution in [2.45, 2.75) is 6.36 Å². The number of aromatic nitrogens is 2. The Bertz CT molecular complexity index is 1080. The fourth-order valence-electron chi connectivity index (χ4n) is 2.87. The lowest BCUT2D eigenvalue weighted by Gasteiger charge is -2.08. The molecule has 2 heterocycles. The van der Waals surface area contributed by atoms with Crippen LogP contribution in [-0.2, 0) is 0 Å². The van der Waals surface area contributed by atoms with Crippen molar-refractivity contribution in [3.8, 4) is 39.9 Å². The second-order valence-corrected chi connectivity index (χ2v) is 6.07. The largest absolute Gasteiger partial charge is 0.573 e. The highest BCUT2D eigenvalue weighted by Gasteiger charge is 2.31. The maximum absolute atomic E-state index is 12.4. The summed E-state index contributed by atoms with van der Waals surface area (Å²) in [6, 6.07) is 18.3. The first-order chi connectivity index (χ1) is 13.9. The van der Waals surface area contributed by atoms with E-state index in [4.69, 9.17) is 9.15 Å². The van der Waals surface area contributed by atoms with Crippen LogP contribution in [0.25, 0.3) is 28.4 Å². The number of alkyl halides is 3. The number of halogens is 3. The number of hydrogen-bond donors (Lipinski definition) is 0. The highest BCUT2D eigenvalue weighted by molar-refractivity contribution is 5.68. The molecular formula is C21H15F3N2O3. The number of ether oxygens (including phenoxy) is 2. The number of nitrogens with zero attached hydrogens (tertiary/aromatic N) is 2. The summed E-state index contributed by atoms with van der Waals surface area (Å²) in [7, 11) is 1.58. The second kappa shape index (κ2) is 7.38. The molecule has 0 saturated heterocycles. The van der Waals surface area contributed by atoms with Gasteiger partial charge in [-0.1, -0.05) is 0 Å². The molecule has 0 atom stereocenters. The second-order valence-electron chi connectivity index (χ2n) is 6.07. The third-order valence-electron chi connectivity index (χ3n) is 4.18. The Hall–Kier alpha value is -3.68. The molecule has 0 saturated carbocycles. The van der Waals surface area contributed by atoms with Gasteiger partial charge in [0.2, 0.25) is 0 Å². The van der Waals surface area contributed by atoms with E-state index in [0.29, 0.717) is 28.5 Å². The summed E-state index contributed by atoms with van der Waals surface area (Å²) < 4.78 is 53.4. The van der Waals surface area contributed by atoms with Crippen molar-refractivity contribution in [2.75, 3.05) is 7.11 Å². The van der Waals surface area contributed by atoms with E-state index in [1.807, 2.05) is 30.3 Å². The van der Waals surface area contributed by atoms with Gasteiger partial charge in [-0.2, -0.15) is 5.10 Å². The minimum Gasteiger partial charge on any atom is -0.497 e. The lowest BCUT2D eigenvalue weighted by molar-refractivity contribution is -0.274. The van der Waals surface area contributed by atoms with Gasteiger partial charge in [0.15, 0.2) is 5.76 Å². The molecule has 0 spiro atoms. The Labute approximate surface area is 163 Å². The maximum Gasteiger partial charge on any atom is 0.573 e. The van der Waals surface area contributed by atoms with E-state index in [9.17, 15) is 13.2 Å². The molecule has 0 aliphatic rings. The molecular weight excluding hydrogens is 385 g/mol. The van der Waals surface area contributed by atoms with Crippen LogP contribution in [0.5, 0.6) is 11.5 Å². The van der Waals surface area contributed by atoms with Gasteiger partial charge in [0.1, 0.15) is 17.2 Å². The fraction of sp³-hybridized carbons (Fsp3) is 0.0952. The van der Waals surface area contributed by atoms with Crippen LogP contribution in [0.4, 0.5) is 13.2 Å². The number of methoxy groups -OCH3 is 1. The normalized spacial score (nSPS) is 11.4. The topological polar surface area (TPSA) is 49.4 Å². The minimum atomic E-state index is -4.73. The molecule has 0 amide bonds. The Balaban J connectivity index is 1.73. The van der Waals surface area contributed by atoms with Crippen molar-refractivity contribution in [1.82, 2.24) is 9.78 Å². The van der Waals surface area contributed by atoms with Crippen LogP contribution in [0, 0.1) is 0 Å². The number of furan rings is 1. The van der Waals surface area contributed by atoms with Crippen LogP contribution in [-0.4, -0.2) is 23.3 Å². The zero-order valence-corrected chi connectivity index (χ0v) is 15.2. The minimum absolute atomic E-state index is 0.290. The molecule has 4 rings (SSSR count). The van der Waals surface area contributed by atoms with E-state index < -0.39 is 6.36 Å². The summed E-state index contributed by atoms with van der Waals surface area (Å²) in [5.41, 5.74) is 2.69. The van der Waals surface area contributed by atoms with Crippen molar-refractivity contribution < 1.29 is 27.1 Å². The van der Waals surface area contributed by atoms with Gasteiger partial charge in [-0.05, 0) is 66.7 Å². The van der Waals surface area contributed by atoms with Crippen molar-refractivity contribution in [1.29, 1.82) is 0 Å². The van der Waals surface area contributed by atoms with E-state index in [-0.39, 0.29) is 5.75 Å². The standard InChI is InChI=1S/C21H15F3N2O3/c1-27-16-10-6-15(7-11-16)26-19(20-3-2-12-28-20)13-18(25-26)14-4-8-17(9-5-14)29-21(22,23)24/h2-13H,1H3. The van der Waals surface area contributed by atoms with Gasteiger partial charge < -0.3 is 13.9 Å². The van der Waals surface area contributed by atoms with Gasteiger partial charge in [0.05, 0.1) is 24.8 Å². The monoisotopic (exact) mass is 400 g/mol. The van der Waals surface area contributed by atoms with Crippen LogP contribution in [0.3, 0.4) is 0 Å². The smallest absolute Gasteiger partial charge is 0.497 e. The molecule has 0 fully saturated rings. The molecule has 0 bridgehead atoms. The van der Waals surface area contributed by atoms with Gasteiger partial charge in [-0.3, -0.25) is 0 Å². The number of rotatable bonds is 5. The summed E-state index contributed by atoms with van der Waals surface area (Å²) in [5, 5.41) is 4.62. The molecule has 0 aliphatic carbocycles. The van der Waals surface area contributed by atoms with Crippen molar-refractivity contribution in [2.24, 2.45) is 0 Å². The zero-order valence-electron chi connectivity index (χ0n) is 15.2. The van der Waals surface area contributed by atoms with Crippen molar-refractivity contribution in [3.63, 3.8) is 0 Å². The first-order valence-corrected chi connectivity index (χ1v) is 8.57. The predicted octanol–water partition coefficient (Wildman–Crippen LogP) is 5.71. The Morgan fingerprint density at radius 1 is 0.931 bits per heavy atom. The van der Waals surface area contributed by atoms with Gasteiger partial charge in [0, 0.05) is 5.56 Å². The van der Waals surface area contributed by atoms with Crippen LogP contribution in [0.15, 0.2) is 77.4 Å². The molecule has 4 aromatic rings. The first-order valence-electron chi connectivity index (χ1n) is 8.57. The molecule has 8 heteroatoms. The van der Waals surface area contributed by atoms with Crippen LogP contribution >= 0.6 is 0 Å². The fourth-order valence-corrected chi connectivity index (χ4v) is 2.87. The molecule has 0 N–H and O–H groups in total. The Kier molecular flexibility index (Phi) is 4.75. The summed E-state index contributed by atoms with van der Waals surface area (Å²) in [4.78, 5) is 0. The van der Waals surface area contributed by atoms with E-state index in [0.717, 1.165) is 5.69 Å². The predicted molar refractivity (Wildman–Crippen MR) is 99.9 cm³/mol. The van der Waals surface area contributed by atoms with Crippen LogP contribution in [0.2, 0.25) is 0 Å². The SMILES string of the molecule is COc1ccc(-n2nc(-c3ccc(OC(F)(F)F)cc3)cc2-c2ccco2)cc1. The van der Waals surface area contributed by atoms with Crippen LogP contribution in [0.1, 0.15) is 0 Å². The molecule has 5 nitrogen and oxygen atoms in total. The lowest BCUT2D eigenvalue weighted by Crippen LogP contribution is -2.16. The van der Waals surface area contributed by atoms with Gasteiger partial charge in [0.25, 0.3) is 0 Å². The maximum atomic E-state index is 12.4. The highest BCUT2D eigenvalue weighted by atomic mass is 19.4. The third-order valence-corrected chi connectivity index (χ3v) is 4.18. The van der Waals surface area contributed by atoms with Gasteiger partial charge in [-0.25, -0.2) is 4.68 Å². The van der Waals surface area contributed by atoms with E-state index in [1.54, 1.807) is 30.2 Å². The van der Waals surface area contributed by atoms with Crippen molar-refractivity contribution in [3.05, 3.63) is 73.0 Å². The average molecular weight is 400 g/mol. The molecule has 0 aliphatic heterocycles. The first kappa shape index (κ1) is 18.7. The van der Waals surface area contributed by atoms with Crippen molar-refractivity contribution >= 4 is 0 Å². The summed E-state index contributed by atoms with van der Waals surface area (Å²) >= 11 is 0. The van der Waals surface area contributed by atoms with Crippen LogP contribution < -0.4 is 9.47 Å². The summed E-state index contributed by atoms with van der Waals surface area (Å²) in [5.74, 6) is 1.03. The van der Waals surface area contributed by atoms with Gasteiger partial charge >= 0.3 is 6.36 Å². The van der Waals surface area contributed by atoms with Gasteiger partial charge in [-0.15, -0.1) is 13.2 Å². The molecule has 148 valence electrons. The summed E-state index contributed by atoms with van der Waals surface area (Å²) in [6.07, 6.45) is -3.17. The van der Waals surface area contributed by atoms with E-state index >= 15 is 0 Å². The average Bonchev–Trinajstić information content (AvgIpc) is 3.37. The quantitative estimate of drug-likeness (QED) is 0.431. The lowest BCUT2D eigenvalue weighted by atomic mass is 10.1. The number of benzene rings is 2. The third kappa shape index (κ3) is 4.11. The Morgan fingerprint density at radius 3 is 2.21 bits per heavy atom. The summed E-state index contributed by atoms with van der Waals surface area (Å²) in [6.45, 7) is 0. The molecule has 2 aromatic carbocycles. The van der Waals surface area contributed by atoms with E-state index in [1.165, 1.54) is 24.3 Å². The molecule has 0 radical (unpaired) electrons. The Morgan fingerprint density at radius 2 is 1.62 bits per heavy atom. The highest BCUT2D eigenvalue weighted by Crippen LogP contribution is 2.31. The molecule has 29 heavy (non-hydrogen) atoms. The zero-order chi connectivity index (χ0) is 20.4. The molecule has 2 aromatic heterocycles. The number of hydrogen-bond acceptors (Lipinski definition) is 4. The molecule has 0 unspecified atom stereocenters.